The van der Waals surface area contributed by atoms with Gasteiger partial charge in [-0.2, -0.15) is 10.1 Å². The van der Waals surface area contributed by atoms with E-state index in [2.05, 4.69) is 5.10 Å². The van der Waals surface area contributed by atoms with Crippen molar-refractivity contribution < 1.29 is 14.5 Å². The number of rotatable bonds is 4. The van der Waals surface area contributed by atoms with E-state index in [1.165, 1.54) is 30.3 Å². The van der Waals surface area contributed by atoms with Gasteiger partial charge in [-0.25, -0.2) is 0 Å². The average molecular weight is 337 g/mol. The fraction of sp³-hybridized carbons (Fsp3) is 0.111. The summed E-state index contributed by atoms with van der Waals surface area (Å²) < 4.78 is 5.24. The normalized spacial score (nSPS) is 15.4. The smallest absolute Gasteiger partial charge is 0.280 e. The fourth-order valence-corrected chi connectivity index (χ4v) is 2.53. The second-order valence-electron chi connectivity index (χ2n) is 5.38. The van der Waals surface area contributed by atoms with E-state index in [-0.39, 0.29) is 11.6 Å². The van der Waals surface area contributed by atoms with Gasteiger partial charge < -0.3 is 4.74 Å². The summed E-state index contributed by atoms with van der Waals surface area (Å²) >= 11 is 0. The minimum absolute atomic E-state index is 0.0763. The lowest BCUT2D eigenvalue weighted by Gasteiger charge is -2.11. The molecule has 7 nitrogen and oxygen atoms in total. The van der Waals surface area contributed by atoms with Crippen LogP contribution in [0.5, 0.6) is 5.75 Å². The van der Waals surface area contributed by atoms with Gasteiger partial charge in [-0.15, -0.1) is 0 Å². The summed E-state index contributed by atoms with van der Waals surface area (Å²) in [7, 11) is 1.47. The van der Waals surface area contributed by atoms with Gasteiger partial charge in [-0.3, -0.25) is 14.9 Å². The Balaban J connectivity index is 2.02. The van der Waals surface area contributed by atoms with E-state index < -0.39 is 4.92 Å². The number of non-ortho nitro benzene ring substituents is 1. The van der Waals surface area contributed by atoms with Crippen LogP contribution in [-0.2, 0) is 4.79 Å². The van der Waals surface area contributed by atoms with Crippen LogP contribution in [0.4, 0.5) is 11.4 Å². The number of amides is 1. The zero-order valence-electron chi connectivity index (χ0n) is 13.7. The van der Waals surface area contributed by atoms with Crippen molar-refractivity contribution in [3.63, 3.8) is 0 Å². The molecule has 7 heteroatoms. The topological polar surface area (TPSA) is 85.0 Å². The number of carbonyl (C=O) groups excluding carboxylic acids is 1. The van der Waals surface area contributed by atoms with Gasteiger partial charge in [0.05, 0.1) is 29.0 Å². The highest BCUT2D eigenvalue weighted by Crippen LogP contribution is 2.29. The predicted molar refractivity (Wildman–Crippen MR) is 94.7 cm³/mol. The minimum atomic E-state index is -0.491. The first-order valence-electron chi connectivity index (χ1n) is 7.50. The minimum Gasteiger partial charge on any atom is -0.496 e. The summed E-state index contributed by atoms with van der Waals surface area (Å²) in [5.41, 5.74) is 1.92. The molecule has 0 aromatic heterocycles. The van der Waals surface area contributed by atoms with Crippen LogP contribution in [0.2, 0.25) is 0 Å². The number of hydrogen-bond donors (Lipinski definition) is 0. The molecule has 0 bridgehead atoms. The molecular weight excluding hydrogens is 322 g/mol. The van der Waals surface area contributed by atoms with Crippen LogP contribution in [0.25, 0.3) is 6.08 Å². The van der Waals surface area contributed by atoms with Crippen molar-refractivity contribution in [2.24, 2.45) is 5.10 Å². The molecular formula is C18H15N3O4. The van der Waals surface area contributed by atoms with Crippen LogP contribution in [0.1, 0.15) is 12.5 Å². The lowest BCUT2D eigenvalue weighted by Crippen LogP contribution is -2.21. The number of nitrogens with zero attached hydrogens (tertiary/aromatic N) is 3. The third kappa shape index (κ3) is 3.12. The van der Waals surface area contributed by atoms with Crippen molar-refractivity contribution >= 4 is 29.1 Å². The van der Waals surface area contributed by atoms with E-state index in [4.69, 9.17) is 4.74 Å². The molecule has 0 N–H and O–H groups in total. The highest BCUT2D eigenvalue weighted by atomic mass is 16.6. The first-order valence-corrected chi connectivity index (χ1v) is 7.50. The number of nitro groups is 1. The Bertz CT molecular complexity index is 904. The molecule has 25 heavy (non-hydrogen) atoms. The fourth-order valence-electron chi connectivity index (χ4n) is 2.53. The number of hydrazone groups is 1. The summed E-state index contributed by atoms with van der Waals surface area (Å²) in [6, 6.07) is 13.3. The van der Waals surface area contributed by atoms with E-state index in [1.54, 1.807) is 25.1 Å². The van der Waals surface area contributed by atoms with Crippen molar-refractivity contribution in [2.75, 3.05) is 12.1 Å². The van der Waals surface area contributed by atoms with Gasteiger partial charge in [-0.05, 0) is 31.2 Å². The molecule has 1 heterocycles. The Morgan fingerprint density at radius 3 is 2.56 bits per heavy atom. The summed E-state index contributed by atoms with van der Waals surface area (Å²) in [6.45, 7) is 1.72. The monoisotopic (exact) mass is 337 g/mol. The molecule has 2 aromatic rings. The molecule has 0 atom stereocenters. The van der Waals surface area contributed by atoms with Crippen LogP contribution >= 0.6 is 0 Å². The van der Waals surface area contributed by atoms with E-state index in [1.807, 2.05) is 18.2 Å². The Hall–Kier alpha value is -3.48. The van der Waals surface area contributed by atoms with Crippen LogP contribution in [0.3, 0.4) is 0 Å². The first-order chi connectivity index (χ1) is 12.0. The largest absolute Gasteiger partial charge is 0.496 e. The Labute approximate surface area is 144 Å². The van der Waals surface area contributed by atoms with Crippen LogP contribution in [-0.4, -0.2) is 23.7 Å². The number of methoxy groups -OCH3 is 1. The second kappa shape index (κ2) is 6.56. The van der Waals surface area contributed by atoms with Gasteiger partial charge in [0.1, 0.15) is 5.75 Å². The van der Waals surface area contributed by atoms with Gasteiger partial charge >= 0.3 is 0 Å². The lowest BCUT2D eigenvalue weighted by molar-refractivity contribution is -0.384. The lowest BCUT2D eigenvalue weighted by atomic mass is 10.1. The molecule has 0 fully saturated rings. The number of hydrogen-bond acceptors (Lipinski definition) is 5. The van der Waals surface area contributed by atoms with Gasteiger partial charge in [0.2, 0.25) is 0 Å². The summed E-state index contributed by atoms with van der Waals surface area (Å²) in [4.78, 5) is 23.2. The molecule has 2 aromatic carbocycles. The molecule has 0 spiro atoms. The van der Waals surface area contributed by atoms with Crippen molar-refractivity contribution in [3.8, 4) is 5.75 Å². The maximum atomic E-state index is 12.7. The highest BCUT2D eigenvalue weighted by Gasteiger charge is 2.29. The summed E-state index contributed by atoms with van der Waals surface area (Å²) in [5.74, 6) is 0.147. The molecule has 1 aliphatic heterocycles. The predicted octanol–water partition coefficient (Wildman–Crippen LogP) is 3.41. The van der Waals surface area contributed by atoms with Crippen molar-refractivity contribution in [1.29, 1.82) is 0 Å². The van der Waals surface area contributed by atoms with Gasteiger partial charge in [-0.1, -0.05) is 18.2 Å². The number of anilines is 1. The number of benzene rings is 2. The van der Waals surface area contributed by atoms with Gasteiger partial charge in [0.15, 0.2) is 0 Å². The zero-order chi connectivity index (χ0) is 18.0. The highest BCUT2D eigenvalue weighted by molar-refractivity contribution is 6.32. The maximum absolute atomic E-state index is 12.7. The molecule has 0 saturated carbocycles. The average Bonchev–Trinajstić information content (AvgIpc) is 2.90. The molecule has 0 aliphatic carbocycles. The third-order valence-corrected chi connectivity index (χ3v) is 3.79. The Kier molecular flexibility index (Phi) is 4.30. The molecule has 126 valence electrons. The van der Waals surface area contributed by atoms with Crippen LogP contribution < -0.4 is 9.75 Å². The number of ether oxygens (including phenoxy) is 1. The summed E-state index contributed by atoms with van der Waals surface area (Å²) in [5, 5.41) is 16.6. The van der Waals surface area contributed by atoms with E-state index >= 15 is 0 Å². The second-order valence-corrected chi connectivity index (χ2v) is 5.38. The van der Waals surface area contributed by atoms with Crippen molar-refractivity contribution in [2.45, 2.75) is 6.92 Å². The third-order valence-electron chi connectivity index (χ3n) is 3.79. The summed E-state index contributed by atoms with van der Waals surface area (Å²) in [6.07, 6.45) is 1.57. The number of carbonyl (C=O) groups is 1. The zero-order valence-corrected chi connectivity index (χ0v) is 13.7. The number of para-hydroxylation sites is 1. The van der Waals surface area contributed by atoms with Crippen LogP contribution in [0, 0.1) is 10.1 Å². The molecule has 0 radical (unpaired) electrons. The van der Waals surface area contributed by atoms with Crippen LogP contribution in [0.15, 0.2) is 59.2 Å². The quantitative estimate of drug-likeness (QED) is 0.486. The molecule has 1 aliphatic rings. The molecule has 3 rings (SSSR count). The Morgan fingerprint density at radius 1 is 1.20 bits per heavy atom. The van der Waals surface area contributed by atoms with Gasteiger partial charge in [0, 0.05) is 17.7 Å². The molecule has 1 amide bonds. The molecule has 0 unspecified atom stereocenters. The first kappa shape index (κ1) is 16.4. The van der Waals surface area contributed by atoms with E-state index in [0.29, 0.717) is 28.3 Å². The van der Waals surface area contributed by atoms with Gasteiger partial charge in [0.25, 0.3) is 11.6 Å². The van der Waals surface area contributed by atoms with E-state index in [0.717, 1.165) is 0 Å². The van der Waals surface area contributed by atoms with E-state index in [9.17, 15) is 14.9 Å². The number of nitro benzene ring substituents is 1. The van der Waals surface area contributed by atoms with Crippen molar-refractivity contribution in [3.05, 3.63) is 69.8 Å². The standard InChI is InChI=1S/C18H15N3O4/c1-12-16(18(22)20(19-12)14-6-4-3-5-7-14)11-13-10-15(21(23)24)8-9-17(13)25-2/h3-11H,1-2H3/b16-11-. The Morgan fingerprint density at radius 2 is 1.92 bits per heavy atom. The molecule has 0 saturated heterocycles. The van der Waals surface area contributed by atoms with Crippen molar-refractivity contribution in [1.82, 2.24) is 0 Å². The SMILES string of the molecule is COc1ccc([N+](=O)[O-])cc1/C=C1\C(=O)N(c2ccccc2)N=C1C. The maximum Gasteiger partial charge on any atom is 0.280 e.